The molecule has 0 heterocycles. The van der Waals surface area contributed by atoms with Crippen LogP contribution in [0, 0.1) is 0 Å². The van der Waals surface area contributed by atoms with Gasteiger partial charge in [-0.3, -0.25) is 0 Å². The fraction of sp³-hybridized carbons (Fsp3) is 0.429. The number of benzene rings is 2. The highest BCUT2D eigenvalue weighted by atomic mass is 31.1. The summed E-state index contributed by atoms with van der Waals surface area (Å²) >= 11 is 0. The van der Waals surface area contributed by atoms with Gasteiger partial charge in [-0.25, -0.2) is 0 Å². The van der Waals surface area contributed by atoms with Gasteiger partial charge in [0, 0.05) is 0 Å². The molecule has 0 saturated carbocycles. The molecule has 0 aliphatic carbocycles. The minimum absolute atomic E-state index is 0.0726. The molecule has 0 amide bonds. The number of rotatable bonds is 2. The summed E-state index contributed by atoms with van der Waals surface area (Å²) in [5, 5.41) is 10.8. The van der Waals surface area contributed by atoms with Gasteiger partial charge in [-0.1, -0.05) is 84.0 Å². The minimum atomic E-state index is -1.17. The Morgan fingerprint density at radius 1 is 0.840 bits per heavy atom. The highest BCUT2D eigenvalue weighted by Crippen LogP contribution is 2.40. The van der Waals surface area contributed by atoms with Gasteiger partial charge >= 0.3 is 8.69 Å². The van der Waals surface area contributed by atoms with Crippen molar-refractivity contribution in [1.29, 1.82) is 0 Å². The van der Waals surface area contributed by atoms with Gasteiger partial charge in [0.15, 0.2) is 0 Å². The summed E-state index contributed by atoms with van der Waals surface area (Å²) in [6.45, 7) is 12.9. The molecule has 4 heteroatoms. The van der Waals surface area contributed by atoms with Crippen molar-refractivity contribution in [3.63, 3.8) is 0 Å². The SMILES string of the molecule is CC(C)(C)c1cc(Cc2ccccc2)cc(C(C)(C)C)c1O.O=[PH+]O. The first-order valence-corrected chi connectivity index (χ1v) is 9.28. The Labute approximate surface area is 153 Å². The zero-order chi connectivity index (χ0) is 19.3. The van der Waals surface area contributed by atoms with Gasteiger partial charge in [-0.15, -0.1) is 0 Å². The zero-order valence-electron chi connectivity index (χ0n) is 16.1. The predicted octanol–water partition coefficient (Wildman–Crippen LogP) is 5.50. The smallest absolute Gasteiger partial charge is 0.491 e. The van der Waals surface area contributed by atoms with E-state index in [-0.39, 0.29) is 10.8 Å². The summed E-state index contributed by atoms with van der Waals surface area (Å²) in [7, 11) is -1.17. The Balaban J connectivity index is 0.000000970. The lowest BCUT2D eigenvalue weighted by Gasteiger charge is -2.28. The van der Waals surface area contributed by atoms with Crippen LogP contribution in [0.3, 0.4) is 0 Å². The highest BCUT2D eigenvalue weighted by Gasteiger charge is 2.26. The molecule has 136 valence electrons. The molecule has 1 atom stereocenters. The van der Waals surface area contributed by atoms with Gasteiger partial charge in [-0.05, 0) is 44.1 Å². The summed E-state index contributed by atoms with van der Waals surface area (Å²) in [5.74, 6) is 0.455. The molecule has 1 unspecified atom stereocenters. The summed E-state index contributed by atoms with van der Waals surface area (Å²) in [5.41, 5.74) is 4.48. The second-order valence-corrected chi connectivity index (χ2v) is 8.48. The largest absolute Gasteiger partial charge is 0.507 e. The lowest BCUT2D eigenvalue weighted by Crippen LogP contribution is -2.18. The first kappa shape index (κ1) is 21.3. The van der Waals surface area contributed by atoms with Crippen molar-refractivity contribution in [2.24, 2.45) is 0 Å². The van der Waals surface area contributed by atoms with Crippen molar-refractivity contribution in [3.05, 3.63) is 64.7 Å². The lowest BCUT2D eigenvalue weighted by molar-refractivity contribution is 0.423. The second kappa shape index (κ2) is 8.60. The maximum atomic E-state index is 10.8. The van der Waals surface area contributed by atoms with Crippen LogP contribution in [0.2, 0.25) is 0 Å². The Bertz CT molecular complexity index is 660. The van der Waals surface area contributed by atoms with E-state index in [0.29, 0.717) is 5.75 Å². The van der Waals surface area contributed by atoms with E-state index in [1.165, 1.54) is 11.1 Å². The van der Waals surface area contributed by atoms with Crippen LogP contribution in [0.5, 0.6) is 5.75 Å². The molecule has 25 heavy (non-hydrogen) atoms. The van der Waals surface area contributed by atoms with Crippen molar-refractivity contribution in [2.45, 2.75) is 58.8 Å². The molecule has 2 N–H and O–H groups in total. The van der Waals surface area contributed by atoms with E-state index in [0.717, 1.165) is 17.5 Å². The third-order valence-electron chi connectivity index (χ3n) is 4.04. The minimum Gasteiger partial charge on any atom is -0.507 e. The van der Waals surface area contributed by atoms with Gasteiger partial charge < -0.3 is 5.11 Å². The normalized spacial score (nSPS) is 11.8. The molecule has 2 aromatic rings. The van der Waals surface area contributed by atoms with Gasteiger partial charge in [0.1, 0.15) is 5.75 Å². The van der Waals surface area contributed by atoms with Crippen LogP contribution in [-0.4, -0.2) is 10.00 Å². The Kier molecular flexibility index (Phi) is 7.34. The summed E-state index contributed by atoms with van der Waals surface area (Å²) in [4.78, 5) is 7.04. The monoisotopic (exact) mass is 361 g/mol. The third-order valence-corrected chi connectivity index (χ3v) is 4.04. The Morgan fingerprint density at radius 2 is 1.24 bits per heavy atom. The average Bonchev–Trinajstić information content (AvgIpc) is 2.48. The van der Waals surface area contributed by atoms with E-state index in [2.05, 4.69) is 77.9 Å². The van der Waals surface area contributed by atoms with Crippen molar-refractivity contribution in [3.8, 4) is 5.75 Å². The van der Waals surface area contributed by atoms with E-state index in [1.54, 1.807) is 0 Å². The summed E-state index contributed by atoms with van der Waals surface area (Å²) < 4.78 is 8.51. The molecule has 0 aromatic heterocycles. The van der Waals surface area contributed by atoms with E-state index < -0.39 is 8.69 Å². The Morgan fingerprint density at radius 3 is 1.60 bits per heavy atom. The highest BCUT2D eigenvalue weighted by molar-refractivity contribution is 7.16. The van der Waals surface area contributed by atoms with Gasteiger partial charge in [-0.2, -0.15) is 4.89 Å². The van der Waals surface area contributed by atoms with Gasteiger partial charge in [0.2, 0.25) is 0 Å². The standard InChI is InChI=1S/C21H28O.HO2P/c1-20(2,3)17-13-16(12-15-10-8-7-9-11-15)14-18(19(17)22)21(4,5)6;1-3-2/h7-11,13-14,22H,12H2,1-6H3;3H/p+1. The van der Waals surface area contributed by atoms with Gasteiger partial charge in [0.25, 0.3) is 0 Å². The van der Waals surface area contributed by atoms with E-state index in [9.17, 15) is 5.11 Å². The number of hydrogen-bond acceptors (Lipinski definition) is 2. The number of phenols is 1. The fourth-order valence-corrected chi connectivity index (χ4v) is 2.77. The number of hydrogen-bond donors (Lipinski definition) is 2. The molecule has 0 aliphatic heterocycles. The quantitative estimate of drug-likeness (QED) is 0.695. The maximum Gasteiger partial charge on any atom is 0.491 e. The molecule has 0 aliphatic rings. The molecule has 0 fully saturated rings. The molecular weight excluding hydrogens is 331 g/mol. The third kappa shape index (κ3) is 6.26. The van der Waals surface area contributed by atoms with Crippen molar-refractivity contribution in [2.75, 3.05) is 0 Å². The molecule has 2 aromatic carbocycles. The van der Waals surface area contributed by atoms with Crippen LogP contribution in [0.1, 0.15) is 63.8 Å². The molecule has 3 nitrogen and oxygen atoms in total. The van der Waals surface area contributed by atoms with E-state index in [1.807, 2.05) is 6.07 Å². The van der Waals surface area contributed by atoms with Crippen LogP contribution in [0.25, 0.3) is 0 Å². The van der Waals surface area contributed by atoms with Crippen molar-refractivity contribution in [1.82, 2.24) is 0 Å². The van der Waals surface area contributed by atoms with Crippen molar-refractivity contribution < 1.29 is 14.6 Å². The van der Waals surface area contributed by atoms with Crippen LogP contribution in [-0.2, 0) is 21.8 Å². The first-order valence-electron chi connectivity index (χ1n) is 8.42. The lowest BCUT2D eigenvalue weighted by atomic mass is 9.78. The molecule has 0 saturated heterocycles. The van der Waals surface area contributed by atoms with Crippen LogP contribution < -0.4 is 0 Å². The molecule has 2 rings (SSSR count). The van der Waals surface area contributed by atoms with Crippen LogP contribution in [0.4, 0.5) is 0 Å². The van der Waals surface area contributed by atoms with Crippen LogP contribution in [0.15, 0.2) is 42.5 Å². The maximum absolute atomic E-state index is 10.8. The first-order chi connectivity index (χ1) is 11.5. The number of aromatic hydroxyl groups is 1. The topological polar surface area (TPSA) is 57.5 Å². The zero-order valence-corrected chi connectivity index (χ0v) is 17.1. The number of phenolic OH excluding ortho intramolecular Hbond substituents is 1. The fourth-order valence-electron chi connectivity index (χ4n) is 2.77. The van der Waals surface area contributed by atoms with Gasteiger partial charge in [0.05, 0.1) is 0 Å². The molecule has 0 spiro atoms. The van der Waals surface area contributed by atoms with Crippen LogP contribution >= 0.6 is 8.69 Å². The second-order valence-electron chi connectivity index (χ2n) is 8.29. The van der Waals surface area contributed by atoms with E-state index in [4.69, 9.17) is 9.46 Å². The van der Waals surface area contributed by atoms with Crippen molar-refractivity contribution >= 4 is 8.69 Å². The average molecular weight is 361 g/mol. The molecule has 0 radical (unpaired) electrons. The predicted molar refractivity (Wildman–Crippen MR) is 106 cm³/mol. The van der Waals surface area contributed by atoms with E-state index >= 15 is 0 Å². The summed E-state index contributed by atoms with van der Waals surface area (Å²) in [6, 6.07) is 14.8. The molecular formula is C21H30O3P+. The molecule has 0 bridgehead atoms. The summed E-state index contributed by atoms with van der Waals surface area (Å²) in [6.07, 6.45) is 0.896. The Hall–Kier alpha value is -1.70.